The topological polar surface area (TPSA) is 108 Å². The van der Waals surface area contributed by atoms with Crippen LogP contribution in [-0.2, 0) is 18.9 Å². The molecule has 3 N–H and O–H groups in total. The van der Waals surface area contributed by atoms with Crippen LogP contribution in [0.15, 0.2) is 10.1 Å². The van der Waals surface area contributed by atoms with Gasteiger partial charge >= 0.3 is 0 Å². The number of ether oxygens (including phenoxy) is 4. The Balaban J connectivity index is 3.30. The van der Waals surface area contributed by atoms with E-state index in [0.29, 0.717) is 71.5 Å². The molecule has 0 fully saturated rings. The summed E-state index contributed by atoms with van der Waals surface area (Å²) in [5, 5.41) is 12.8. The molecule has 0 saturated carbocycles. The molecule has 0 amide bonds. The van der Waals surface area contributed by atoms with Crippen molar-refractivity contribution in [2.24, 2.45) is 15.9 Å². The van der Waals surface area contributed by atoms with E-state index in [0.717, 1.165) is 0 Å². The maximum absolute atomic E-state index is 9.22. The number of nitrogens with two attached hydrogens (primary N) is 1. The zero-order valence-electron chi connectivity index (χ0n) is 14.3. The Labute approximate surface area is 138 Å². The Morgan fingerprint density at radius 3 is 2.00 bits per heavy atom. The summed E-state index contributed by atoms with van der Waals surface area (Å²) in [4.78, 5) is 4.13. The molecule has 0 bridgehead atoms. The first-order valence-corrected chi connectivity index (χ1v) is 7.96. The van der Waals surface area contributed by atoms with Crippen LogP contribution in [0, 0.1) is 0 Å². The van der Waals surface area contributed by atoms with E-state index in [-0.39, 0.29) is 0 Å². The summed E-state index contributed by atoms with van der Waals surface area (Å²) in [6.45, 7) is 8.70. The minimum atomic E-state index is -0.486. The monoisotopic (exact) mass is 333 g/mol. The Morgan fingerprint density at radius 1 is 1.00 bits per heavy atom. The third-order valence-corrected chi connectivity index (χ3v) is 2.60. The maximum atomic E-state index is 9.22. The summed E-state index contributed by atoms with van der Waals surface area (Å²) in [5.41, 5.74) is 0.563. The second kappa shape index (κ2) is 17.3. The van der Waals surface area contributed by atoms with Gasteiger partial charge in [0, 0.05) is 19.2 Å². The van der Waals surface area contributed by atoms with Gasteiger partial charge in [0.25, 0.3) is 0 Å². The molecule has 0 aliphatic carbocycles. The number of rotatable bonds is 16. The number of hydrazone groups is 1. The first kappa shape index (κ1) is 21.9. The fourth-order valence-electron chi connectivity index (χ4n) is 1.53. The van der Waals surface area contributed by atoms with E-state index in [4.69, 9.17) is 24.8 Å². The molecule has 136 valence electrons. The van der Waals surface area contributed by atoms with Crippen LogP contribution in [0.25, 0.3) is 0 Å². The van der Waals surface area contributed by atoms with E-state index in [1.807, 2.05) is 6.92 Å². The van der Waals surface area contributed by atoms with Gasteiger partial charge < -0.3 is 29.9 Å². The van der Waals surface area contributed by atoms with Crippen LogP contribution < -0.4 is 5.84 Å². The van der Waals surface area contributed by atoms with Gasteiger partial charge in [0.2, 0.25) is 0 Å². The van der Waals surface area contributed by atoms with Crippen LogP contribution in [-0.4, -0.2) is 82.5 Å². The number of aliphatic hydroxyl groups excluding tert-OH is 1. The molecule has 0 spiro atoms. The molecule has 0 heterocycles. The van der Waals surface area contributed by atoms with E-state index in [1.165, 1.54) is 0 Å². The smallest absolute Gasteiger partial charge is 0.0803 e. The van der Waals surface area contributed by atoms with Gasteiger partial charge in [-0.15, -0.1) is 0 Å². The molecule has 1 atom stereocenters. The van der Waals surface area contributed by atoms with E-state index in [1.54, 1.807) is 13.1 Å². The number of nitrogens with zero attached hydrogens (tertiary/aromatic N) is 2. The molecule has 8 heteroatoms. The van der Waals surface area contributed by atoms with E-state index in [2.05, 4.69) is 10.1 Å². The molecule has 1 unspecified atom stereocenters. The summed E-state index contributed by atoms with van der Waals surface area (Å²) >= 11 is 0. The SMILES string of the molecule is CCOCCOCCOCCOCCN=C/C(CC(C)O)=N\N. The Bertz CT molecular complexity index is 311. The standard InChI is InChI=1S/C15H31N3O5/c1-3-20-6-7-22-10-11-23-9-8-21-5-4-17-13-15(18-16)12-14(2)19/h13-14,19H,3-12,16H2,1-2H3/b17-13?,18-15-. The summed E-state index contributed by atoms with van der Waals surface area (Å²) in [6, 6.07) is 0. The lowest BCUT2D eigenvalue weighted by atomic mass is 10.2. The molecule has 0 saturated heterocycles. The largest absolute Gasteiger partial charge is 0.393 e. The van der Waals surface area contributed by atoms with Crippen molar-refractivity contribution in [2.75, 3.05) is 59.4 Å². The summed E-state index contributed by atoms with van der Waals surface area (Å²) in [5.74, 6) is 5.20. The van der Waals surface area contributed by atoms with Crippen molar-refractivity contribution in [3.63, 3.8) is 0 Å². The van der Waals surface area contributed by atoms with Gasteiger partial charge in [0.15, 0.2) is 0 Å². The third kappa shape index (κ3) is 17.1. The van der Waals surface area contributed by atoms with Crippen molar-refractivity contribution >= 4 is 11.9 Å². The molecule has 0 aromatic heterocycles. The lowest BCUT2D eigenvalue weighted by Gasteiger charge is -2.06. The van der Waals surface area contributed by atoms with Crippen LogP contribution >= 0.6 is 0 Å². The molecular weight excluding hydrogens is 302 g/mol. The van der Waals surface area contributed by atoms with Gasteiger partial charge in [-0.05, 0) is 13.8 Å². The Morgan fingerprint density at radius 2 is 1.52 bits per heavy atom. The predicted molar refractivity (Wildman–Crippen MR) is 90.2 cm³/mol. The average Bonchev–Trinajstić information content (AvgIpc) is 2.53. The molecule has 23 heavy (non-hydrogen) atoms. The molecule has 0 radical (unpaired) electrons. The lowest BCUT2D eigenvalue weighted by molar-refractivity contribution is 0.000420. The second-order valence-electron chi connectivity index (χ2n) is 4.74. The van der Waals surface area contributed by atoms with Crippen molar-refractivity contribution in [1.82, 2.24) is 0 Å². The van der Waals surface area contributed by atoms with Crippen LogP contribution in [0.5, 0.6) is 0 Å². The van der Waals surface area contributed by atoms with E-state index < -0.39 is 6.10 Å². The molecular formula is C15H31N3O5. The highest BCUT2D eigenvalue weighted by Gasteiger charge is 2.00. The Kier molecular flexibility index (Phi) is 16.5. The molecule has 0 aromatic carbocycles. The first-order chi connectivity index (χ1) is 11.2. The lowest BCUT2D eigenvalue weighted by Crippen LogP contribution is -2.14. The number of aliphatic imine (C=N–C) groups is 1. The molecule has 0 aliphatic rings. The van der Waals surface area contributed by atoms with Crippen molar-refractivity contribution in [3.05, 3.63) is 0 Å². The number of hydrogen-bond acceptors (Lipinski definition) is 8. The first-order valence-electron chi connectivity index (χ1n) is 7.96. The number of hydrogen-bond donors (Lipinski definition) is 2. The minimum absolute atomic E-state index is 0.390. The van der Waals surface area contributed by atoms with Crippen LogP contribution in [0.1, 0.15) is 20.3 Å². The van der Waals surface area contributed by atoms with Gasteiger partial charge in [0.1, 0.15) is 0 Å². The van der Waals surface area contributed by atoms with E-state index in [9.17, 15) is 5.11 Å². The van der Waals surface area contributed by atoms with Crippen molar-refractivity contribution in [2.45, 2.75) is 26.4 Å². The zero-order chi connectivity index (χ0) is 17.2. The average molecular weight is 333 g/mol. The van der Waals surface area contributed by atoms with Crippen LogP contribution in [0.3, 0.4) is 0 Å². The Hall–Kier alpha value is -1.06. The fraction of sp³-hybridized carbons (Fsp3) is 0.867. The summed E-state index contributed by atoms with van der Waals surface area (Å²) in [6.07, 6.45) is 1.47. The highest BCUT2D eigenvalue weighted by molar-refractivity contribution is 6.30. The van der Waals surface area contributed by atoms with Crippen molar-refractivity contribution in [3.8, 4) is 0 Å². The molecule has 0 aromatic rings. The quantitative estimate of drug-likeness (QED) is 0.181. The normalized spacial score (nSPS) is 13.8. The van der Waals surface area contributed by atoms with Crippen molar-refractivity contribution in [1.29, 1.82) is 0 Å². The number of aliphatic hydroxyl groups is 1. The zero-order valence-corrected chi connectivity index (χ0v) is 14.3. The summed E-state index contributed by atoms with van der Waals surface area (Å²) < 4.78 is 21.2. The highest BCUT2D eigenvalue weighted by Crippen LogP contribution is 1.91. The van der Waals surface area contributed by atoms with Crippen LogP contribution in [0.2, 0.25) is 0 Å². The fourth-order valence-corrected chi connectivity index (χ4v) is 1.53. The molecule has 0 aliphatic heterocycles. The van der Waals surface area contributed by atoms with Gasteiger partial charge in [-0.25, -0.2) is 0 Å². The maximum Gasteiger partial charge on any atom is 0.0803 e. The van der Waals surface area contributed by atoms with E-state index >= 15 is 0 Å². The van der Waals surface area contributed by atoms with Gasteiger partial charge in [0.05, 0.1) is 64.6 Å². The van der Waals surface area contributed by atoms with Gasteiger partial charge in [-0.3, -0.25) is 4.99 Å². The minimum Gasteiger partial charge on any atom is -0.393 e. The highest BCUT2D eigenvalue weighted by atomic mass is 16.6. The molecule has 8 nitrogen and oxygen atoms in total. The summed E-state index contributed by atoms with van der Waals surface area (Å²) in [7, 11) is 0. The van der Waals surface area contributed by atoms with Gasteiger partial charge in [-0.1, -0.05) is 0 Å². The third-order valence-electron chi connectivity index (χ3n) is 2.60. The second-order valence-corrected chi connectivity index (χ2v) is 4.74. The predicted octanol–water partition coefficient (Wildman–Crippen LogP) is 0.229. The molecule has 0 rings (SSSR count). The van der Waals surface area contributed by atoms with Crippen molar-refractivity contribution < 1.29 is 24.1 Å². The van der Waals surface area contributed by atoms with Crippen LogP contribution in [0.4, 0.5) is 0 Å². The van der Waals surface area contributed by atoms with Gasteiger partial charge in [-0.2, -0.15) is 5.10 Å².